The van der Waals surface area contributed by atoms with E-state index >= 15 is 0 Å². The molecule has 0 spiro atoms. The summed E-state index contributed by atoms with van der Waals surface area (Å²) in [6, 6.07) is 33.1. The van der Waals surface area contributed by atoms with Crippen molar-refractivity contribution in [3.8, 4) is 0 Å². The van der Waals surface area contributed by atoms with E-state index in [9.17, 15) is 0 Å². The Kier molecular flexibility index (Phi) is 9.33. The van der Waals surface area contributed by atoms with Crippen LogP contribution in [-0.4, -0.2) is 6.71 Å². The predicted molar refractivity (Wildman–Crippen MR) is 290 cm³/mol. The summed E-state index contributed by atoms with van der Waals surface area (Å²) >= 11 is 2.09. The standard InChI is InChI=1S/C62H75BN2S/c1-17-37-30-50-53-51(31-37)65(40-22-23-42-43(32-40)58(7,8)25-24-57(42,5)6)54-41-33-44-47(62(15,16)29-26-59(44,9)10)36-52(41)66-55(54)63(53)48-34-45-46(61(13,14)28-27-60(45,11)12)35-49(48)64(50)39-20-18-38(19-21-39)56(2,3)4/h18-23,30-36H,17,24-29H2,1-16H3. The van der Waals surface area contributed by atoms with Gasteiger partial charge in [0.15, 0.2) is 0 Å². The highest BCUT2D eigenvalue weighted by molar-refractivity contribution is 7.33. The minimum Gasteiger partial charge on any atom is -0.311 e. The van der Waals surface area contributed by atoms with Crippen molar-refractivity contribution in [2.24, 2.45) is 0 Å². The van der Waals surface area contributed by atoms with Gasteiger partial charge in [-0.2, -0.15) is 0 Å². The SMILES string of the molecule is CCc1cc2c3c(c1)N(c1ccc4c(c1)C(C)(C)CCC4(C)C)c1c(sc4cc5c(cc14)C(C)(C)CCC5(C)C)B3c1cc3c(cc1N2c1ccc(C(C)(C)C)cc1)C(C)(C)CCC3(C)C. The van der Waals surface area contributed by atoms with E-state index in [2.05, 4.69) is 211 Å². The minimum atomic E-state index is 0.0692. The Labute approximate surface area is 402 Å². The van der Waals surface area contributed by atoms with E-state index in [1.165, 1.54) is 126 Å². The number of hydrogen-bond acceptors (Lipinski definition) is 3. The molecule has 0 saturated heterocycles. The van der Waals surface area contributed by atoms with Gasteiger partial charge in [-0.1, -0.05) is 135 Å². The molecular weight excluding hydrogens is 816 g/mol. The largest absolute Gasteiger partial charge is 0.311 e. The molecule has 3 aliphatic carbocycles. The van der Waals surface area contributed by atoms with Gasteiger partial charge in [-0.15, -0.1) is 11.3 Å². The maximum Gasteiger partial charge on any atom is 0.264 e. The number of hydrogen-bond donors (Lipinski definition) is 0. The Balaban J connectivity index is 1.28. The first-order valence-corrected chi connectivity index (χ1v) is 26.4. The van der Waals surface area contributed by atoms with Crippen LogP contribution in [0.2, 0.25) is 0 Å². The molecule has 0 unspecified atom stereocenters. The maximum atomic E-state index is 2.77. The number of nitrogens with zero attached hydrogens (tertiary/aromatic N) is 2. The fraction of sp³-hybridized carbons (Fsp3) is 0.484. The molecule has 0 bridgehead atoms. The van der Waals surface area contributed by atoms with Gasteiger partial charge in [0.1, 0.15) is 0 Å². The van der Waals surface area contributed by atoms with Gasteiger partial charge in [0, 0.05) is 43.3 Å². The summed E-state index contributed by atoms with van der Waals surface area (Å²) in [5.74, 6) is 0. The number of fused-ring (bicyclic) bond motifs is 9. The van der Waals surface area contributed by atoms with Crippen LogP contribution in [0.3, 0.4) is 0 Å². The van der Waals surface area contributed by atoms with Gasteiger partial charge in [-0.3, -0.25) is 0 Å². The zero-order valence-corrected chi connectivity index (χ0v) is 44.2. The molecule has 2 nitrogen and oxygen atoms in total. The summed E-state index contributed by atoms with van der Waals surface area (Å²) in [7, 11) is 0. The van der Waals surface area contributed by atoms with Crippen molar-refractivity contribution in [2.45, 2.75) is 194 Å². The third kappa shape index (κ3) is 6.38. The second kappa shape index (κ2) is 13.9. The summed E-state index contributed by atoms with van der Waals surface area (Å²) < 4.78 is 2.93. The van der Waals surface area contributed by atoms with Gasteiger partial charge in [-0.05, 0) is 193 Å². The molecule has 4 heteroatoms. The van der Waals surface area contributed by atoms with E-state index in [1.54, 1.807) is 16.7 Å². The van der Waals surface area contributed by atoms with Crippen molar-refractivity contribution in [1.82, 2.24) is 0 Å². The van der Waals surface area contributed by atoms with E-state index in [4.69, 9.17) is 0 Å². The van der Waals surface area contributed by atoms with Crippen LogP contribution < -0.4 is 25.5 Å². The number of rotatable bonds is 3. The van der Waals surface area contributed by atoms with Crippen molar-refractivity contribution >= 4 is 78.0 Å². The average molecular weight is 891 g/mol. The number of anilines is 6. The summed E-state index contributed by atoms with van der Waals surface area (Å²) in [5.41, 5.74) is 23.6. The molecular formula is C62H75BN2S. The topological polar surface area (TPSA) is 6.48 Å². The number of aryl methyl sites for hydroxylation is 1. The second-order valence-electron chi connectivity index (χ2n) is 26.5. The van der Waals surface area contributed by atoms with Crippen molar-refractivity contribution in [3.63, 3.8) is 0 Å². The maximum absolute atomic E-state index is 2.77. The first kappa shape index (κ1) is 44.2. The van der Waals surface area contributed by atoms with Gasteiger partial charge < -0.3 is 9.80 Å². The van der Waals surface area contributed by atoms with Crippen LogP contribution in [0.4, 0.5) is 34.1 Å². The van der Waals surface area contributed by atoms with Gasteiger partial charge in [0.25, 0.3) is 6.71 Å². The normalized spacial score (nSPS) is 21.1. The molecule has 2 aliphatic heterocycles. The van der Waals surface area contributed by atoms with Crippen molar-refractivity contribution in [2.75, 3.05) is 9.80 Å². The number of benzene rings is 5. The molecule has 1 aromatic heterocycles. The van der Waals surface area contributed by atoms with Crippen molar-refractivity contribution < 1.29 is 0 Å². The Morgan fingerprint density at radius 1 is 0.500 bits per heavy atom. The third-order valence-electron chi connectivity index (χ3n) is 18.2. The molecule has 0 amide bonds. The van der Waals surface area contributed by atoms with Crippen molar-refractivity contribution in [1.29, 1.82) is 0 Å². The molecule has 0 atom stereocenters. The summed E-state index contributed by atoms with van der Waals surface area (Å²) in [5, 5.41) is 1.42. The third-order valence-corrected chi connectivity index (χ3v) is 19.4. The number of thiophene rings is 1. The molecule has 342 valence electrons. The van der Waals surface area contributed by atoms with Crippen LogP contribution in [0.15, 0.2) is 78.9 Å². The molecule has 5 aliphatic rings. The van der Waals surface area contributed by atoms with Gasteiger partial charge in [0.2, 0.25) is 0 Å². The monoisotopic (exact) mass is 891 g/mol. The fourth-order valence-corrected chi connectivity index (χ4v) is 14.6. The van der Waals surface area contributed by atoms with E-state index in [0.29, 0.717) is 0 Å². The van der Waals surface area contributed by atoms with Gasteiger partial charge >= 0.3 is 0 Å². The van der Waals surface area contributed by atoms with E-state index in [0.717, 1.165) is 6.42 Å². The molecule has 11 rings (SSSR count). The molecule has 0 saturated carbocycles. The van der Waals surface area contributed by atoms with Crippen LogP contribution in [0.25, 0.3) is 10.1 Å². The Morgan fingerprint density at radius 2 is 0.970 bits per heavy atom. The Morgan fingerprint density at radius 3 is 1.52 bits per heavy atom. The first-order valence-electron chi connectivity index (χ1n) is 25.6. The Hall–Kier alpha value is -4.28. The van der Waals surface area contributed by atoms with Crippen LogP contribution >= 0.6 is 11.3 Å². The summed E-state index contributed by atoms with van der Waals surface area (Å²) in [6.07, 6.45) is 8.18. The van der Waals surface area contributed by atoms with E-state index in [-0.39, 0.29) is 44.6 Å². The van der Waals surface area contributed by atoms with Crippen LogP contribution in [0.5, 0.6) is 0 Å². The van der Waals surface area contributed by atoms with E-state index < -0.39 is 0 Å². The summed E-state index contributed by atoms with van der Waals surface area (Å²) in [6.45, 7) is 39.3. The van der Waals surface area contributed by atoms with Crippen LogP contribution in [-0.2, 0) is 44.3 Å². The second-order valence-corrected chi connectivity index (χ2v) is 27.6. The molecule has 66 heavy (non-hydrogen) atoms. The molecule has 0 radical (unpaired) electrons. The lowest BCUT2D eigenvalue weighted by molar-refractivity contribution is 0.332. The molecule has 6 aromatic rings. The highest BCUT2D eigenvalue weighted by Crippen LogP contribution is 2.55. The fourth-order valence-electron chi connectivity index (χ4n) is 13.2. The van der Waals surface area contributed by atoms with Gasteiger partial charge in [0.05, 0.1) is 5.69 Å². The zero-order chi connectivity index (χ0) is 47.1. The molecule has 3 heterocycles. The molecule has 0 fully saturated rings. The van der Waals surface area contributed by atoms with Crippen LogP contribution in [0.1, 0.15) is 194 Å². The lowest BCUT2D eigenvalue weighted by Crippen LogP contribution is -2.61. The lowest BCUT2D eigenvalue weighted by atomic mass is 9.35. The molecule has 5 aromatic carbocycles. The summed E-state index contributed by atoms with van der Waals surface area (Å²) in [4.78, 5) is 5.46. The van der Waals surface area contributed by atoms with Crippen LogP contribution in [0, 0.1) is 0 Å². The smallest absolute Gasteiger partial charge is 0.264 e. The van der Waals surface area contributed by atoms with E-state index in [1.807, 2.05) is 0 Å². The average Bonchev–Trinajstić information content (AvgIpc) is 3.62. The first-order chi connectivity index (χ1) is 30.7. The predicted octanol–water partition coefficient (Wildman–Crippen LogP) is 15.9. The minimum absolute atomic E-state index is 0.0692. The zero-order valence-electron chi connectivity index (χ0n) is 43.3. The van der Waals surface area contributed by atoms with Crippen molar-refractivity contribution in [3.05, 3.63) is 123 Å². The highest BCUT2D eigenvalue weighted by atomic mass is 32.1. The van der Waals surface area contributed by atoms with Gasteiger partial charge in [-0.25, -0.2) is 0 Å². The molecule has 0 N–H and O–H groups in total. The quantitative estimate of drug-likeness (QED) is 0.163. The highest BCUT2D eigenvalue weighted by Gasteiger charge is 2.49. The Bertz CT molecular complexity index is 3020. The lowest BCUT2D eigenvalue weighted by Gasteiger charge is -2.47.